The van der Waals surface area contributed by atoms with Gasteiger partial charge in [0.2, 0.25) is 0 Å². The van der Waals surface area contributed by atoms with Gasteiger partial charge in [-0.15, -0.1) is 0 Å². The smallest absolute Gasteiger partial charge is 0.338 e. The van der Waals surface area contributed by atoms with Crippen LogP contribution in [0, 0.1) is 17.5 Å². The van der Waals surface area contributed by atoms with Gasteiger partial charge in [0.15, 0.2) is 11.6 Å². The lowest BCUT2D eigenvalue weighted by Crippen LogP contribution is -2.24. The minimum absolute atomic E-state index is 0.0217. The monoisotopic (exact) mass is 445 g/mol. The first-order valence-corrected chi connectivity index (χ1v) is 9.82. The molecule has 0 aromatic heterocycles. The molecular weight excluding hydrogens is 423 g/mol. The Bertz CT molecular complexity index is 1120. The number of benzene rings is 3. The zero-order chi connectivity index (χ0) is 23.3. The van der Waals surface area contributed by atoms with Crippen molar-refractivity contribution < 1.29 is 32.5 Å². The predicted molar refractivity (Wildman–Crippen MR) is 114 cm³/mol. The fourth-order valence-electron chi connectivity index (χ4n) is 3.20. The van der Waals surface area contributed by atoms with Crippen LogP contribution >= 0.6 is 0 Å². The van der Waals surface area contributed by atoms with Gasteiger partial charge >= 0.3 is 5.97 Å². The third-order valence-electron chi connectivity index (χ3n) is 4.88. The van der Waals surface area contributed by atoms with E-state index in [2.05, 4.69) is 5.32 Å². The molecule has 2 N–H and O–H groups in total. The van der Waals surface area contributed by atoms with E-state index in [-0.39, 0.29) is 29.5 Å². The van der Waals surface area contributed by atoms with E-state index in [9.17, 15) is 18.0 Å². The maximum Gasteiger partial charge on any atom is 0.338 e. The summed E-state index contributed by atoms with van der Waals surface area (Å²) in [4.78, 5) is 11.1. The van der Waals surface area contributed by atoms with Crippen LogP contribution in [0.4, 0.5) is 13.2 Å². The van der Waals surface area contributed by atoms with Crippen molar-refractivity contribution in [2.75, 3.05) is 20.3 Å². The summed E-state index contributed by atoms with van der Waals surface area (Å²) < 4.78 is 52.4. The number of nitrogens with one attached hydrogen (secondary N) is 1. The Morgan fingerprint density at radius 3 is 2.50 bits per heavy atom. The molecule has 1 unspecified atom stereocenters. The standard InChI is InChI=1S/C24H22F3NO4/c1-14(15-4-3-5-19(9-15)31-2)28-6-7-32-20-10-16(8-18(25)13-20)17-11-21(24(29)30)23(27)22(26)12-17/h3-5,8-14,28H,6-7H2,1-2H3,(H,29,30). The second kappa shape index (κ2) is 10.2. The van der Waals surface area contributed by atoms with Gasteiger partial charge in [0, 0.05) is 18.7 Å². The van der Waals surface area contributed by atoms with Gasteiger partial charge in [-0.25, -0.2) is 18.0 Å². The first-order chi connectivity index (χ1) is 15.3. The third kappa shape index (κ3) is 5.59. The van der Waals surface area contributed by atoms with Crippen LogP contribution < -0.4 is 14.8 Å². The van der Waals surface area contributed by atoms with Gasteiger partial charge in [0.1, 0.15) is 23.9 Å². The fraction of sp³-hybridized carbons (Fsp3) is 0.208. The Hall–Kier alpha value is -3.52. The molecule has 3 rings (SSSR count). The second-order valence-electron chi connectivity index (χ2n) is 7.10. The average Bonchev–Trinajstić information content (AvgIpc) is 2.77. The molecule has 0 spiro atoms. The molecule has 0 aliphatic heterocycles. The normalized spacial score (nSPS) is 11.8. The van der Waals surface area contributed by atoms with Crippen molar-refractivity contribution in [2.24, 2.45) is 0 Å². The largest absolute Gasteiger partial charge is 0.497 e. The highest BCUT2D eigenvalue weighted by atomic mass is 19.2. The highest BCUT2D eigenvalue weighted by Gasteiger charge is 2.18. The lowest BCUT2D eigenvalue weighted by atomic mass is 10.0. The maximum atomic E-state index is 14.1. The van der Waals surface area contributed by atoms with Gasteiger partial charge in [-0.2, -0.15) is 0 Å². The molecule has 0 radical (unpaired) electrons. The van der Waals surface area contributed by atoms with Crippen LogP contribution in [0.15, 0.2) is 54.6 Å². The highest BCUT2D eigenvalue weighted by Crippen LogP contribution is 2.29. The number of hydrogen-bond acceptors (Lipinski definition) is 4. The Balaban J connectivity index is 1.67. The Kier molecular flexibility index (Phi) is 7.37. The van der Waals surface area contributed by atoms with E-state index >= 15 is 0 Å². The number of rotatable bonds is 9. The van der Waals surface area contributed by atoms with E-state index in [0.717, 1.165) is 35.6 Å². The molecule has 0 aliphatic carbocycles. The van der Waals surface area contributed by atoms with Crippen LogP contribution in [0.5, 0.6) is 11.5 Å². The molecule has 0 fully saturated rings. The number of ether oxygens (including phenoxy) is 2. The maximum absolute atomic E-state index is 14.1. The van der Waals surface area contributed by atoms with Gasteiger partial charge in [0.25, 0.3) is 0 Å². The van der Waals surface area contributed by atoms with Gasteiger partial charge in [-0.1, -0.05) is 12.1 Å². The van der Waals surface area contributed by atoms with Gasteiger partial charge in [-0.3, -0.25) is 0 Å². The van der Waals surface area contributed by atoms with E-state index in [1.807, 2.05) is 31.2 Å². The van der Waals surface area contributed by atoms with Crippen LogP contribution in [0.25, 0.3) is 11.1 Å². The van der Waals surface area contributed by atoms with Gasteiger partial charge < -0.3 is 19.9 Å². The number of carbonyl (C=O) groups is 1. The molecule has 5 nitrogen and oxygen atoms in total. The summed E-state index contributed by atoms with van der Waals surface area (Å²) in [6.45, 7) is 2.66. The SMILES string of the molecule is COc1cccc(C(C)NCCOc2cc(F)cc(-c3cc(F)c(F)c(C(=O)O)c3)c2)c1. The molecular formula is C24H22F3NO4. The van der Waals surface area contributed by atoms with Gasteiger partial charge in [0.05, 0.1) is 12.7 Å². The molecule has 168 valence electrons. The topological polar surface area (TPSA) is 67.8 Å². The molecule has 8 heteroatoms. The minimum Gasteiger partial charge on any atom is -0.497 e. The molecule has 0 saturated carbocycles. The van der Waals surface area contributed by atoms with Crippen LogP contribution in [0.1, 0.15) is 28.9 Å². The van der Waals surface area contributed by atoms with Gasteiger partial charge in [-0.05, 0) is 60.0 Å². The number of aromatic carboxylic acids is 1. The van der Waals surface area contributed by atoms with Crippen molar-refractivity contribution in [1.82, 2.24) is 5.32 Å². The average molecular weight is 445 g/mol. The predicted octanol–water partition coefficient (Wildman–Crippen LogP) is 5.21. The first kappa shape index (κ1) is 23.1. The van der Waals surface area contributed by atoms with Crippen molar-refractivity contribution in [2.45, 2.75) is 13.0 Å². The molecule has 0 bridgehead atoms. The third-order valence-corrected chi connectivity index (χ3v) is 4.88. The quantitative estimate of drug-likeness (QED) is 0.443. The molecule has 1 atom stereocenters. The van der Waals surface area contributed by atoms with E-state index in [4.69, 9.17) is 14.6 Å². The van der Waals surface area contributed by atoms with Crippen LogP contribution in [0.2, 0.25) is 0 Å². The van der Waals surface area contributed by atoms with Crippen LogP contribution in [0.3, 0.4) is 0 Å². The number of halogens is 3. The summed E-state index contributed by atoms with van der Waals surface area (Å²) in [5.41, 5.74) is 0.391. The van der Waals surface area contributed by atoms with Crippen LogP contribution in [-0.4, -0.2) is 31.3 Å². The minimum atomic E-state index is -1.62. The molecule has 0 saturated heterocycles. The summed E-state index contributed by atoms with van der Waals surface area (Å²) >= 11 is 0. The lowest BCUT2D eigenvalue weighted by Gasteiger charge is -2.16. The van der Waals surface area contributed by atoms with Crippen molar-refractivity contribution in [3.8, 4) is 22.6 Å². The molecule has 0 aliphatic rings. The zero-order valence-electron chi connectivity index (χ0n) is 17.5. The highest BCUT2D eigenvalue weighted by molar-refractivity contribution is 5.90. The summed E-state index contributed by atoms with van der Waals surface area (Å²) in [5, 5.41) is 12.3. The Morgan fingerprint density at radius 1 is 1.03 bits per heavy atom. The molecule has 3 aromatic carbocycles. The fourth-order valence-corrected chi connectivity index (χ4v) is 3.20. The Morgan fingerprint density at radius 2 is 1.78 bits per heavy atom. The van der Waals surface area contributed by atoms with Crippen molar-refractivity contribution in [3.05, 3.63) is 83.2 Å². The first-order valence-electron chi connectivity index (χ1n) is 9.82. The van der Waals surface area contributed by atoms with Crippen molar-refractivity contribution in [1.29, 1.82) is 0 Å². The molecule has 32 heavy (non-hydrogen) atoms. The number of carboxylic acid groups (broad SMARTS) is 1. The second-order valence-corrected chi connectivity index (χ2v) is 7.10. The summed E-state index contributed by atoms with van der Waals surface area (Å²) in [6, 6.07) is 13.1. The number of carboxylic acids is 1. The van der Waals surface area contributed by atoms with Crippen molar-refractivity contribution in [3.63, 3.8) is 0 Å². The van der Waals surface area contributed by atoms with Crippen molar-refractivity contribution >= 4 is 5.97 Å². The summed E-state index contributed by atoms with van der Waals surface area (Å²) in [5.74, 6) is -4.14. The molecule has 3 aromatic rings. The summed E-state index contributed by atoms with van der Waals surface area (Å²) in [6.07, 6.45) is 0. The molecule has 0 heterocycles. The van der Waals surface area contributed by atoms with E-state index in [0.29, 0.717) is 6.54 Å². The number of methoxy groups -OCH3 is 1. The summed E-state index contributed by atoms with van der Waals surface area (Å²) in [7, 11) is 1.60. The molecule has 0 amide bonds. The number of hydrogen-bond donors (Lipinski definition) is 2. The van der Waals surface area contributed by atoms with E-state index in [1.165, 1.54) is 6.07 Å². The Labute approximate surface area is 183 Å². The van der Waals surface area contributed by atoms with Crippen LogP contribution in [-0.2, 0) is 0 Å². The lowest BCUT2D eigenvalue weighted by molar-refractivity contribution is 0.0690. The van der Waals surface area contributed by atoms with E-state index < -0.39 is 29.0 Å². The van der Waals surface area contributed by atoms with E-state index in [1.54, 1.807) is 7.11 Å². The zero-order valence-corrected chi connectivity index (χ0v) is 17.5.